The van der Waals surface area contributed by atoms with Crippen LogP contribution in [0.3, 0.4) is 0 Å². The molecule has 0 unspecified atom stereocenters. The predicted octanol–water partition coefficient (Wildman–Crippen LogP) is 5.04. The minimum atomic E-state index is 0.451. The van der Waals surface area contributed by atoms with Gasteiger partial charge in [-0.25, -0.2) is 0 Å². The van der Waals surface area contributed by atoms with Crippen LogP contribution in [0, 0.1) is 0 Å². The second kappa shape index (κ2) is 5.92. The summed E-state index contributed by atoms with van der Waals surface area (Å²) in [7, 11) is 0. The van der Waals surface area contributed by atoms with E-state index in [9.17, 15) is 0 Å². The molecule has 1 nitrogen and oxygen atoms in total. The Kier molecular flexibility index (Phi) is 4.27. The SMILES string of the molecule is CC(C)c1ccccc1OCc1ccccc1Cl. The Bertz CT molecular complexity index is 520. The molecule has 0 aliphatic carbocycles. The van der Waals surface area contributed by atoms with Gasteiger partial charge < -0.3 is 4.74 Å². The highest BCUT2D eigenvalue weighted by Gasteiger charge is 2.07. The molecule has 0 aliphatic heterocycles. The van der Waals surface area contributed by atoms with Crippen LogP contribution in [0.1, 0.15) is 30.9 Å². The molecular formula is C16H17ClO. The molecule has 0 amide bonds. The standard InChI is InChI=1S/C16H17ClO/c1-12(2)14-8-4-6-10-16(14)18-11-13-7-3-5-9-15(13)17/h3-10,12H,11H2,1-2H3. The van der Waals surface area contributed by atoms with Gasteiger partial charge in [0, 0.05) is 10.6 Å². The largest absolute Gasteiger partial charge is 0.489 e. The number of ether oxygens (including phenoxy) is 1. The van der Waals surface area contributed by atoms with Gasteiger partial charge in [0.2, 0.25) is 0 Å². The Morgan fingerprint density at radius 2 is 1.67 bits per heavy atom. The van der Waals surface area contributed by atoms with Crippen LogP contribution < -0.4 is 4.74 Å². The van der Waals surface area contributed by atoms with Gasteiger partial charge in [0.15, 0.2) is 0 Å². The summed E-state index contributed by atoms with van der Waals surface area (Å²) < 4.78 is 5.88. The lowest BCUT2D eigenvalue weighted by molar-refractivity contribution is 0.302. The minimum Gasteiger partial charge on any atom is -0.489 e. The molecule has 0 aliphatic rings. The van der Waals surface area contributed by atoms with Crippen molar-refractivity contribution in [3.8, 4) is 5.75 Å². The van der Waals surface area contributed by atoms with Gasteiger partial charge in [-0.1, -0.05) is 61.8 Å². The topological polar surface area (TPSA) is 9.23 Å². The van der Waals surface area contributed by atoms with Gasteiger partial charge in [0.1, 0.15) is 12.4 Å². The summed E-state index contributed by atoms with van der Waals surface area (Å²) in [6.45, 7) is 4.83. The average Bonchev–Trinajstić information content (AvgIpc) is 2.38. The second-order valence-electron chi connectivity index (χ2n) is 4.57. The number of para-hydroxylation sites is 1. The van der Waals surface area contributed by atoms with Crippen LogP contribution in [-0.4, -0.2) is 0 Å². The molecule has 0 spiro atoms. The zero-order valence-electron chi connectivity index (χ0n) is 10.7. The van der Waals surface area contributed by atoms with Crippen LogP contribution in [0.15, 0.2) is 48.5 Å². The maximum atomic E-state index is 6.11. The van der Waals surface area contributed by atoms with Gasteiger partial charge in [-0.2, -0.15) is 0 Å². The molecule has 2 heteroatoms. The van der Waals surface area contributed by atoms with Crippen LogP contribution in [0.2, 0.25) is 5.02 Å². The van der Waals surface area contributed by atoms with E-state index in [4.69, 9.17) is 16.3 Å². The van der Waals surface area contributed by atoms with E-state index in [1.54, 1.807) is 0 Å². The first-order valence-electron chi connectivity index (χ1n) is 6.13. The molecule has 2 aromatic rings. The Morgan fingerprint density at radius 3 is 2.39 bits per heavy atom. The molecule has 0 fully saturated rings. The second-order valence-corrected chi connectivity index (χ2v) is 4.98. The van der Waals surface area contributed by atoms with E-state index in [2.05, 4.69) is 19.9 Å². The highest BCUT2D eigenvalue weighted by molar-refractivity contribution is 6.31. The number of halogens is 1. The molecule has 18 heavy (non-hydrogen) atoms. The lowest BCUT2D eigenvalue weighted by Crippen LogP contribution is -2.00. The first-order valence-corrected chi connectivity index (χ1v) is 6.51. The van der Waals surface area contributed by atoms with Crippen molar-refractivity contribution < 1.29 is 4.74 Å². The van der Waals surface area contributed by atoms with Gasteiger partial charge in [0.05, 0.1) is 0 Å². The molecule has 0 aromatic heterocycles. The van der Waals surface area contributed by atoms with Gasteiger partial charge in [-0.05, 0) is 23.6 Å². The fraction of sp³-hybridized carbons (Fsp3) is 0.250. The molecule has 2 rings (SSSR count). The summed E-state index contributed by atoms with van der Waals surface area (Å²) in [5.41, 5.74) is 2.24. The quantitative estimate of drug-likeness (QED) is 0.748. The van der Waals surface area contributed by atoms with Crippen molar-refractivity contribution in [3.05, 3.63) is 64.7 Å². The number of hydrogen-bond donors (Lipinski definition) is 0. The Morgan fingerprint density at radius 1 is 1.00 bits per heavy atom. The molecule has 0 radical (unpaired) electrons. The first kappa shape index (κ1) is 13.0. The van der Waals surface area contributed by atoms with Crippen LogP contribution in [-0.2, 0) is 6.61 Å². The number of benzene rings is 2. The molecule has 2 aromatic carbocycles. The Labute approximate surface area is 113 Å². The van der Waals surface area contributed by atoms with Crippen LogP contribution in [0.4, 0.5) is 0 Å². The molecule has 0 N–H and O–H groups in total. The van der Waals surface area contributed by atoms with Crippen LogP contribution in [0.25, 0.3) is 0 Å². The lowest BCUT2D eigenvalue weighted by atomic mass is 10.0. The van der Waals surface area contributed by atoms with Crippen molar-refractivity contribution >= 4 is 11.6 Å². The van der Waals surface area contributed by atoms with Crippen LogP contribution in [0.5, 0.6) is 5.75 Å². The third-order valence-corrected chi connectivity index (χ3v) is 3.25. The summed E-state index contributed by atoms with van der Waals surface area (Å²) in [5, 5.41) is 0.750. The normalized spacial score (nSPS) is 10.7. The smallest absolute Gasteiger partial charge is 0.123 e. The fourth-order valence-electron chi connectivity index (χ4n) is 1.86. The summed E-state index contributed by atoms with van der Waals surface area (Å²) in [5.74, 6) is 1.39. The van der Waals surface area contributed by atoms with E-state index < -0.39 is 0 Å². The van der Waals surface area contributed by atoms with E-state index in [1.165, 1.54) is 5.56 Å². The molecule has 0 atom stereocenters. The van der Waals surface area contributed by atoms with E-state index in [1.807, 2.05) is 42.5 Å². The highest BCUT2D eigenvalue weighted by atomic mass is 35.5. The first-order chi connectivity index (χ1) is 8.68. The van der Waals surface area contributed by atoms with Gasteiger partial charge >= 0.3 is 0 Å². The van der Waals surface area contributed by atoms with Crippen molar-refractivity contribution in [3.63, 3.8) is 0 Å². The van der Waals surface area contributed by atoms with Crippen molar-refractivity contribution in [1.29, 1.82) is 0 Å². The molecule has 94 valence electrons. The third-order valence-electron chi connectivity index (χ3n) is 2.88. The van der Waals surface area contributed by atoms with E-state index in [0.717, 1.165) is 16.3 Å². The van der Waals surface area contributed by atoms with Gasteiger partial charge in [-0.3, -0.25) is 0 Å². The maximum Gasteiger partial charge on any atom is 0.123 e. The summed E-state index contributed by atoms with van der Waals surface area (Å²) >= 11 is 6.11. The minimum absolute atomic E-state index is 0.451. The predicted molar refractivity (Wildman–Crippen MR) is 76.3 cm³/mol. The van der Waals surface area contributed by atoms with Crippen molar-refractivity contribution in [2.75, 3.05) is 0 Å². The monoisotopic (exact) mass is 260 g/mol. The van der Waals surface area contributed by atoms with Crippen molar-refractivity contribution in [1.82, 2.24) is 0 Å². The van der Waals surface area contributed by atoms with Gasteiger partial charge in [-0.15, -0.1) is 0 Å². The average molecular weight is 261 g/mol. The number of hydrogen-bond acceptors (Lipinski definition) is 1. The molecule has 0 heterocycles. The summed E-state index contributed by atoms with van der Waals surface area (Å²) in [6.07, 6.45) is 0. The molecule has 0 saturated heterocycles. The van der Waals surface area contributed by atoms with Crippen molar-refractivity contribution in [2.45, 2.75) is 26.4 Å². The highest BCUT2D eigenvalue weighted by Crippen LogP contribution is 2.27. The van der Waals surface area contributed by atoms with Crippen LogP contribution >= 0.6 is 11.6 Å². The van der Waals surface area contributed by atoms with Gasteiger partial charge in [0.25, 0.3) is 0 Å². The molecular weight excluding hydrogens is 244 g/mol. The van der Waals surface area contributed by atoms with E-state index in [0.29, 0.717) is 12.5 Å². The third kappa shape index (κ3) is 3.05. The zero-order valence-corrected chi connectivity index (χ0v) is 11.4. The molecule has 0 bridgehead atoms. The lowest BCUT2D eigenvalue weighted by Gasteiger charge is -2.14. The zero-order chi connectivity index (χ0) is 13.0. The number of rotatable bonds is 4. The maximum absolute atomic E-state index is 6.11. The Balaban J connectivity index is 2.14. The van der Waals surface area contributed by atoms with E-state index in [-0.39, 0.29) is 0 Å². The Hall–Kier alpha value is -1.47. The molecule has 0 saturated carbocycles. The summed E-state index contributed by atoms with van der Waals surface area (Å²) in [6, 6.07) is 15.9. The van der Waals surface area contributed by atoms with E-state index >= 15 is 0 Å². The summed E-state index contributed by atoms with van der Waals surface area (Å²) in [4.78, 5) is 0. The van der Waals surface area contributed by atoms with Crippen molar-refractivity contribution in [2.24, 2.45) is 0 Å². The fourth-order valence-corrected chi connectivity index (χ4v) is 2.05.